The minimum atomic E-state index is 0.577. The molecule has 0 unspecified atom stereocenters. The minimum absolute atomic E-state index is 0.577. The number of nitrogens with zero attached hydrogens (tertiary/aromatic N) is 3. The third kappa shape index (κ3) is 4.52. The zero-order valence-corrected chi connectivity index (χ0v) is 26.9. The maximum atomic E-state index is 6.70. The summed E-state index contributed by atoms with van der Waals surface area (Å²) in [6.45, 7) is 0. The first-order valence-corrected chi connectivity index (χ1v) is 16.7. The summed E-state index contributed by atoms with van der Waals surface area (Å²) < 4.78 is 13.2. The van der Waals surface area contributed by atoms with Gasteiger partial charge < -0.3 is 18.6 Å². The van der Waals surface area contributed by atoms with Crippen molar-refractivity contribution < 1.29 is 8.83 Å². The standard InChI is InChI=1S/C45H29N3O2/c1-5-14-31(15-6-1)47(32-16-7-2-8-17-32)35-26-24-30(25-27-35)45-46-43-38-28-36(48(33-18-9-3-10-19-33)34-20-11-4-12-21-34)29-40-42(38)41-37(44(43)50-45)22-13-23-39(41)49-40/h1-29H. The summed E-state index contributed by atoms with van der Waals surface area (Å²) in [5.41, 5.74) is 10.4. The first-order chi connectivity index (χ1) is 24.8. The van der Waals surface area contributed by atoms with Gasteiger partial charge in [0.05, 0.1) is 5.69 Å². The van der Waals surface area contributed by atoms with Crippen molar-refractivity contribution in [2.75, 3.05) is 9.80 Å². The van der Waals surface area contributed by atoms with Crippen molar-refractivity contribution in [3.8, 4) is 11.5 Å². The summed E-state index contributed by atoms with van der Waals surface area (Å²) >= 11 is 0. The second kappa shape index (κ2) is 11.4. The molecular weight excluding hydrogens is 615 g/mol. The van der Waals surface area contributed by atoms with Crippen molar-refractivity contribution in [3.63, 3.8) is 0 Å². The summed E-state index contributed by atoms with van der Waals surface area (Å²) in [7, 11) is 0. The molecule has 0 fully saturated rings. The summed E-state index contributed by atoms with van der Waals surface area (Å²) in [5.74, 6) is 0.577. The number of aromatic nitrogens is 1. The molecule has 0 aliphatic rings. The van der Waals surface area contributed by atoms with E-state index >= 15 is 0 Å². The van der Waals surface area contributed by atoms with Crippen LogP contribution in [-0.2, 0) is 0 Å². The van der Waals surface area contributed by atoms with E-state index in [0.717, 1.165) is 83.5 Å². The van der Waals surface area contributed by atoms with Crippen LogP contribution in [0.15, 0.2) is 185 Å². The number of furan rings is 1. The number of benzene rings is 8. The molecule has 5 nitrogen and oxygen atoms in total. The van der Waals surface area contributed by atoms with Crippen molar-refractivity contribution in [1.29, 1.82) is 0 Å². The van der Waals surface area contributed by atoms with Gasteiger partial charge >= 0.3 is 0 Å². The molecule has 10 aromatic rings. The molecule has 5 heteroatoms. The quantitative estimate of drug-likeness (QED) is 0.162. The van der Waals surface area contributed by atoms with Gasteiger partial charge in [0, 0.05) is 61.6 Å². The Kier molecular flexibility index (Phi) is 6.42. The average molecular weight is 644 g/mol. The van der Waals surface area contributed by atoms with Gasteiger partial charge in [-0.2, -0.15) is 0 Å². The minimum Gasteiger partial charge on any atom is -0.456 e. The normalized spacial score (nSPS) is 11.6. The molecule has 8 aromatic carbocycles. The highest BCUT2D eigenvalue weighted by Crippen LogP contribution is 2.47. The molecule has 50 heavy (non-hydrogen) atoms. The van der Waals surface area contributed by atoms with E-state index in [4.69, 9.17) is 13.8 Å². The fraction of sp³-hybridized carbons (Fsp3) is 0. The first-order valence-electron chi connectivity index (χ1n) is 16.7. The van der Waals surface area contributed by atoms with Gasteiger partial charge in [-0.25, -0.2) is 4.98 Å². The number of hydrogen-bond acceptors (Lipinski definition) is 5. The van der Waals surface area contributed by atoms with Gasteiger partial charge in [0.15, 0.2) is 5.58 Å². The number of anilines is 6. The lowest BCUT2D eigenvalue weighted by atomic mass is 9.99. The molecule has 10 rings (SSSR count). The molecule has 0 saturated carbocycles. The maximum Gasteiger partial charge on any atom is 0.227 e. The van der Waals surface area contributed by atoms with Crippen LogP contribution in [0, 0.1) is 0 Å². The Morgan fingerprint density at radius 2 is 0.880 bits per heavy atom. The smallest absolute Gasteiger partial charge is 0.227 e. The zero-order valence-electron chi connectivity index (χ0n) is 26.9. The van der Waals surface area contributed by atoms with E-state index < -0.39 is 0 Å². The maximum absolute atomic E-state index is 6.70. The van der Waals surface area contributed by atoms with E-state index in [1.807, 2.05) is 36.4 Å². The molecule has 0 atom stereocenters. The lowest BCUT2D eigenvalue weighted by molar-refractivity contribution is 0.623. The molecule has 0 bridgehead atoms. The van der Waals surface area contributed by atoms with Crippen LogP contribution < -0.4 is 9.80 Å². The largest absolute Gasteiger partial charge is 0.456 e. The lowest BCUT2D eigenvalue weighted by Gasteiger charge is -2.25. The second-order valence-corrected chi connectivity index (χ2v) is 12.4. The fourth-order valence-corrected chi connectivity index (χ4v) is 7.20. The summed E-state index contributed by atoms with van der Waals surface area (Å²) in [6, 6.07) is 60.6. The van der Waals surface area contributed by atoms with Gasteiger partial charge in [-0.05, 0) is 84.9 Å². The predicted molar refractivity (Wildman–Crippen MR) is 205 cm³/mol. The molecule has 0 amide bonds. The molecule has 236 valence electrons. The van der Waals surface area contributed by atoms with Crippen molar-refractivity contribution in [3.05, 3.63) is 176 Å². The van der Waals surface area contributed by atoms with Crippen molar-refractivity contribution in [2.24, 2.45) is 0 Å². The average Bonchev–Trinajstić information content (AvgIpc) is 3.80. The van der Waals surface area contributed by atoms with Crippen LogP contribution in [0.5, 0.6) is 0 Å². The van der Waals surface area contributed by atoms with Crippen LogP contribution in [0.25, 0.3) is 55.3 Å². The number of oxazole rings is 1. The Balaban J connectivity index is 1.15. The van der Waals surface area contributed by atoms with Crippen LogP contribution >= 0.6 is 0 Å². The van der Waals surface area contributed by atoms with E-state index in [1.165, 1.54) is 0 Å². The highest BCUT2D eigenvalue weighted by Gasteiger charge is 2.24. The zero-order chi connectivity index (χ0) is 33.0. The number of para-hydroxylation sites is 4. The molecule has 0 radical (unpaired) electrons. The third-order valence-corrected chi connectivity index (χ3v) is 9.40. The van der Waals surface area contributed by atoms with Crippen molar-refractivity contribution in [1.82, 2.24) is 4.98 Å². The van der Waals surface area contributed by atoms with Gasteiger partial charge in [0.25, 0.3) is 0 Å². The van der Waals surface area contributed by atoms with Crippen LogP contribution in [0.3, 0.4) is 0 Å². The Hall–Kier alpha value is -6.85. The molecule has 0 spiro atoms. The van der Waals surface area contributed by atoms with Gasteiger partial charge in [-0.3, -0.25) is 0 Å². The van der Waals surface area contributed by atoms with E-state index in [-0.39, 0.29) is 0 Å². The van der Waals surface area contributed by atoms with Crippen LogP contribution in [0.4, 0.5) is 34.1 Å². The fourth-order valence-electron chi connectivity index (χ4n) is 7.20. The van der Waals surface area contributed by atoms with Gasteiger partial charge in [-0.15, -0.1) is 0 Å². The summed E-state index contributed by atoms with van der Waals surface area (Å²) in [5, 5.41) is 4.10. The van der Waals surface area contributed by atoms with E-state index in [9.17, 15) is 0 Å². The lowest BCUT2D eigenvalue weighted by Crippen LogP contribution is -2.09. The van der Waals surface area contributed by atoms with Crippen molar-refractivity contribution >= 4 is 77.9 Å². The molecule has 2 heterocycles. The monoisotopic (exact) mass is 643 g/mol. The Labute approximate surface area is 288 Å². The number of rotatable bonds is 7. The SMILES string of the molecule is c1ccc(N(c2ccccc2)c2ccc(-c3nc4c5cc(N(c6ccccc6)c6ccccc6)cc6oc7cccc(c4o3)c7c65)cc2)cc1. The highest BCUT2D eigenvalue weighted by atomic mass is 16.3. The number of hydrogen-bond donors (Lipinski definition) is 0. The van der Waals surface area contributed by atoms with Crippen LogP contribution in [0.1, 0.15) is 0 Å². The Morgan fingerprint density at radius 3 is 1.44 bits per heavy atom. The molecule has 0 aliphatic carbocycles. The number of fused-ring (bicyclic) bond motifs is 3. The van der Waals surface area contributed by atoms with E-state index in [1.54, 1.807) is 0 Å². The second-order valence-electron chi connectivity index (χ2n) is 12.4. The summed E-state index contributed by atoms with van der Waals surface area (Å²) in [6.07, 6.45) is 0. The molecule has 0 N–H and O–H groups in total. The first kappa shape index (κ1) is 28.2. The van der Waals surface area contributed by atoms with Crippen molar-refractivity contribution in [2.45, 2.75) is 0 Å². The van der Waals surface area contributed by atoms with Gasteiger partial charge in [0.2, 0.25) is 5.89 Å². The molecule has 2 aromatic heterocycles. The Morgan fingerprint density at radius 1 is 0.380 bits per heavy atom. The summed E-state index contributed by atoms with van der Waals surface area (Å²) in [4.78, 5) is 9.71. The Bertz CT molecular complexity index is 2660. The topological polar surface area (TPSA) is 45.7 Å². The van der Waals surface area contributed by atoms with E-state index in [2.05, 4.69) is 149 Å². The third-order valence-electron chi connectivity index (χ3n) is 9.40. The predicted octanol–water partition coefficient (Wildman–Crippen LogP) is 12.9. The molecule has 0 saturated heterocycles. The molecular formula is C45H29N3O2. The van der Waals surface area contributed by atoms with Crippen LogP contribution in [0.2, 0.25) is 0 Å². The highest BCUT2D eigenvalue weighted by molar-refractivity contribution is 6.32. The van der Waals surface area contributed by atoms with Gasteiger partial charge in [-0.1, -0.05) is 84.9 Å². The van der Waals surface area contributed by atoms with Crippen LogP contribution in [-0.4, -0.2) is 4.98 Å². The molecule has 0 aliphatic heterocycles. The van der Waals surface area contributed by atoms with Gasteiger partial charge in [0.1, 0.15) is 16.7 Å². The van der Waals surface area contributed by atoms with E-state index in [0.29, 0.717) is 5.89 Å².